The molecule has 0 amide bonds. The van der Waals surface area contributed by atoms with E-state index < -0.39 is 51.8 Å². The first kappa shape index (κ1) is 25.0. The van der Waals surface area contributed by atoms with E-state index in [1.54, 1.807) is 6.92 Å². The summed E-state index contributed by atoms with van der Waals surface area (Å²) in [7, 11) is 1.53. The number of aromatic nitrogens is 4. The molecular weight excluding hydrogens is 505 g/mol. The first-order valence-electron chi connectivity index (χ1n) is 10.5. The molecule has 0 spiro atoms. The van der Waals surface area contributed by atoms with Crippen LogP contribution in [0.4, 0.5) is 13.2 Å². The van der Waals surface area contributed by atoms with E-state index in [4.69, 9.17) is 11.6 Å². The third-order valence-electron chi connectivity index (χ3n) is 5.85. The molecule has 4 aromatic rings. The van der Waals surface area contributed by atoms with Gasteiger partial charge in [0.05, 0.1) is 33.9 Å². The highest BCUT2D eigenvalue weighted by Gasteiger charge is 2.34. The van der Waals surface area contributed by atoms with Gasteiger partial charge in [0.2, 0.25) is 0 Å². The van der Waals surface area contributed by atoms with E-state index in [2.05, 4.69) is 4.98 Å². The summed E-state index contributed by atoms with van der Waals surface area (Å²) in [6.45, 7) is 0.850. The highest BCUT2D eigenvalue weighted by molar-refractivity contribution is 6.32. The molecule has 0 aliphatic carbocycles. The second kappa shape index (κ2) is 8.86. The molecule has 2 aromatic carbocycles. The SMILES string of the molecule is CCc1c(C(=O)O)c(=O)n(Cc2cccc(C(F)(F)F)c2Cl)c(=O)n1-c1ccc2c(c1)[nH]c(=O)n2C. The summed E-state index contributed by atoms with van der Waals surface area (Å²) in [5.74, 6) is -1.61. The Labute approximate surface area is 204 Å². The lowest BCUT2D eigenvalue weighted by Gasteiger charge is -2.18. The number of nitrogens with one attached hydrogen (secondary N) is 1. The number of carboxylic acids is 1. The zero-order valence-corrected chi connectivity index (χ0v) is 19.6. The Bertz CT molecular complexity index is 1710. The predicted octanol–water partition coefficient (Wildman–Crippen LogP) is 3.16. The number of benzene rings is 2. The Balaban J connectivity index is 2.02. The highest BCUT2D eigenvalue weighted by atomic mass is 35.5. The van der Waals surface area contributed by atoms with Crippen LogP contribution in [0.15, 0.2) is 50.8 Å². The molecule has 0 fully saturated rings. The van der Waals surface area contributed by atoms with Gasteiger partial charge in [0, 0.05) is 12.7 Å². The summed E-state index contributed by atoms with van der Waals surface area (Å²) < 4.78 is 42.8. The van der Waals surface area contributed by atoms with Crippen molar-refractivity contribution < 1.29 is 23.1 Å². The number of nitrogens with zero attached hydrogens (tertiary/aromatic N) is 3. The van der Waals surface area contributed by atoms with Crippen LogP contribution >= 0.6 is 11.6 Å². The van der Waals surface area contributed by atoms with Crippen LogP contribution in [0, 0.1) is 0 Å². The number of carbonyl (C=O) groups is 1. The number of carboxylic acid groups (broad SMARTS) is 1. The van der Waals surface area contributed by atoms with Crippen molar-refractivity contribution in [3.05, 3.63) is 95.1 Å². The Morgan fingerprint density at radius 1 is 1.14 bits per heavy atom. The Hall–Kier alpha value is -4.06. The number of rotatable bonds is 5. The topological polar surface area (TPSA) is 119 Å². The molecule has 188 valence electrons. The monoisotopic (exact) mass is 522 g/mol. The summed E-state index contributed by atoms with van der Waals surface area (Å²) in [4.78, 5) is 53.3. The van der Waals surface area contributed by atoms with Crippen molar-refractivity contribution in [2.24, 2.45) is 7.05 Å². The van der Waals surface area contributed by atoms with E-state index in [1.165, 1.54) is 35.9 Å². The van der Waals surface area contributed by atoms with Crippen LogP contribution in [0.3, 0.4) is 0 Å². The number of hydrogen-bond acceptors (Lipinski definition) is 4. The lowest BCUT2D eigenvalue weighted by Crippen LogP contribution is -2.44. The van der Waals surface area contributed by atoms with Crippen LogP contribution in [-0.2, 0) is 26.2 Å². The number of aromatic carboxylic acids is 1. The van der Waals surface area contributed by atoms with E-state index in [1.807, 2.05) is 0 Å². The van der Waals surface area contributed by atoms with Crippen molar-refractivity contribution in [2.75, 3.05) is 0 Å². The Kier molecular flexibility index (Phi) is 6.17. The molecule has 36 heavy (non-hydrogen) atoms. The fraction of sp³-hybridized carbons (Fsp3) is 0.217. The fourth-order valence-electron chi connectivity index (χ4n) is 4.10. The summed E-state index contributed by atoms with van der Waals surface area (Å²) >= 11 is 5.95. The van der Waals surface area contributed by atoms with Gasteiger partial charge in [-0.25, -0.2) is 14.4 Å². The number of H-pyrrole nitrogens is 1. The van der Waals surface area contributed by atoms with Gasteiger partial charge in [0.1, 0.15) is 5.56 Å². The van der Waals surface area contributed by atoms with Gasteiger partial charge in [0.25, 0.3) is 5.56 Å². The summed E-state index contributed by atoms with van der Waals surface area (Å²) in [5, 5.41) is 9.09. The van der Waals surface area contributed by atoms with Gasteiger partial charge in [-0.2, -0.15) is 13.2 Å². The number of fused-ring (bicyclic) bond motifs is 1. The standard InChI is InChI=1S/C23H18ClF3N4O5/c1-3-15-17(20(33)34)19(32)30(10-11-5-4-6-13(18(11)24)23(25,26)27)22(36)31(15)12-7-8-16-14(9-12)28-21(35)29(16)2/h4-9H,3,10H2,1-2H3,(H,28,35)(H,33,34). The third-order valence-corrected chi connectivity index (χ3v) is 6.29. The zero-order valence-electron chi connectivity index (χ0n) is 18.8. The maximum atomic E-state index is 13.5. The number of aromatic amines is 1. The number of hydrogen-bond donors (Lipinski definition) is 2. The molecule has 13 heteroatoms. The molecule has 2 heterocycles. The average molecular weight is 523 g/mol. The first-order valence-corrected chi connectivity index (χ1v) is 10.9. The largest absolute Gasteiger partial charge is 0.477 e. The van der Waals surface area contributed by atoms with Crippen molar-refractivity contribution in [3.8, 4) is 5.69 Å². The summed E-state index contributed by atoms with van der Waals surface area (Å²) in [6, 6.07) is 7.48. The second-order valence-electron chi connectivity index (χ2n) is 7.96. The zero-order chi connectivity index (χ0) is 26.5. The van der Waals surface area contributed by atoms with Crippen molar-refractivity contribution in [2.45, 2.75) is 26.1 Å². The number of halogens is 4. The van der Waals surface area contributed by atoms with Gasteiger partial charge in [-0.15, -0.1) is 0 Å². The van der Waals surface area contributed by atoms with Gasteiger partial charge in [-0.1, -0.05) is 30.7 Å². The third kappa shape index (κ3) is 4.02. The van der Waals surface area contributed by atoms with Crippen LogP contribution in [-0.4, -0.2) is 29.8 Å². The molecule has 0 aliphatic heterocycles. The molecule has 0 atom stereocenters. The van der Waals surface area contributed by atoms with E-state index in [9.17, 15) is 37.5 Å². The maximum absolute atomic E-state index is 13.5. The molecule has 0 radical (unpaired) electrons. The molecule has 2 N–H and O–H groups in total. The van der Waals surface area contributed by atoms with Crippen molar-refractivity contribution in [3.63, 3.8) is 0 Å². The van der Waals surface area contributed by atoms with Crippen molar-refractivity contribution in [1.82, 2.24) is 18.7 Å². The maximum Gasteiger partial charge on any atom is 0.417 e. The quantitative estimate of drug-likeness (QED) is 0.417. The molecule has 4 rings (SSSR count). The lowest BCUT2D eigenvalue weighted by molar-refractivity contribution is -0.137. The van der Waals surface area contributed by atoms with Crippen molar-refractivity contribution >= 4 is 28.6 Å². The predicted molar refractivity (Wildman–Crippen MR) is 125 cm³/mol. The van der Waals surface area contributed by atoms with Gasteiger partial charge < -0.3 is 10.1 Å². The minimum Gasteiger partial charge on any atom is -0.477 e. The van der Waals surface area contributed by atoms with Crippen LogP contribution in [0.25, 0.3) is 16.7 Å². The highest BCUT2D eigenvalue weighted by Crippen LogP contribution is 2.36. The summed E-state index contributed by atoms with van der Waals surface area (Å²) in [6.07, 6.45) is -4.81. The van der Waals surface area contributed by atoms with Crippen LogP contribution < -0.4 is 16.9 Å². The minimum atomic E-state index is -4.78. The molecule has 0 saturated heterocycles. The van der Waals surface area contributed by atoms with Crippen LogP contribution in [0.1, 0.15) is 34.1 Å². The molecule has 9 nitrogen and oxygen atoms in total. The lowest BCUT2D eigenvalue weighted by atomic mass is 10.1. The number of aryl methyl sites for hydroxylation is 1. The molecule has 0 aliphatic rings. The number of alkyl halides is 3. The van der Waals surface area contributed by atoms with E-state index in [-0.39, 0.29) is 23.4 Å². The summed E-state index contributed by atoms with van der Waals surface area (Å²) in [5.41, 5.74) is -3.72. The Morgan fingerprint density at radius 2 is 1.83 bits per heavy atom. The second-order valence-corrected chi connectivity index (χ2v) is 8.33. The molecule has 0 unspecified atom stereocenters. The Morgan fingerprint density at radius 3 is 2.44 bits per heavy atom. The molecule has 2 aromatic heterocycles. The minimum absolute atomic E-state index is 0.0272. The van der Waals surface area contributed by atoms with E-state index in [0.717, 1.165) is 16.7 Å². The number of imidazole rings is 1. The van der Waals surface area contributed by atoms with Gasteiger partial charge >= 0.3 is 23.5 Å². The van der Waals surface area contributed by atoms with Gasteiger partial charge in [-0.05, 0) is 36.2 Å². The first-order chi connectivity index (χ1) is 16.9. The molecule has 0 bridgehead atoms. The molecular formula is C23H18ClF3N4O5. The van der Waals surface area contributed by atoms with Crippen molar-refractivity contribution in [1.29, 1.82) is 0 Å². The smallest absolute Gasteiger partial charge is 0.417 e. The normalized spacial score (nSPS) is 11.8. The molecule has 0 saturated carbocycles. The van der Waals surface area contributed by atoms with E-state index >= 15 is 0 Å². The van der Waals surface area contributed by atoms with Crippen LogP contribution in [0.5, 0.6) is 0 Å². The van der Waals surface area contributed by atoms with Gasteiger partial charge in [0.15, 0.2) is 0 Å². The van der Waals surface area contributed by atoms with Gasteiger partial charge in [-0.3, -0.25) is 18.5 Å². The average Bonchev–Trinajstić information content (AvgIpc) is 3.08. The van der Waals surface area contributed by atoms with E-state index in [0.29, 0.717) is 15.6 Å². The fourth-order valence-corrected chi connectivity index (χ4v) is 4.40. The van der Waals surface area contributed by atoms with Crippen LogP contribution in [0.2, 0.25) is 5.02 Å².